The molecule has 8 nitrogen and oxygen atoms in total. The quantitative estimate of drug-likeness (QED) is 0.632. The van der Waals surface area contributed by atoms with Gasteiger partial charge in [0.15, 0.2) is 0 Å². The molecule has 0 aliphatic rings. The summed E-state index contributed by atoms with van der Waals surface area (Å²) in [6.45, 7) is 3.38. The van der Waals surface area contributed by atoms with Crippen molar-refractivity contribution in [1.82, 2.24) is 0 Å². The van der Waals surface area contributed by atoms with E-state index in [0.717, 1.165) is 0 Å². The lowest BCUT2D eigenvalue weighted by Gasteiger charge is -2.12. The van der Waals surface area contributed by atoms with E-state index in [9.17, 15) is 14.4 Å². The summed E-state index contributed by atoms with van der Waals surface area (Å²) >= 11 is 0. The van der Waals surface area contributed by atoms with Crippen molar-refractivity contribution in [2.75, 3.05) is 0 Å². The Bertz CT molecular complexity index is 1100. The van der Waals surface area contributed by atoms with Crippen molar-refractivity contribution >= 4 is 22.9 Å². The zero-order chi connectivity index (χ0) is 19.7. The van der Waals surface area contributed by atoms with Crippen LogP contribution in [0.2, 0.25) is 0 Å². The molecule has 140 valence electrons. The largest absolute Gasteiger partial charge is 0.485 e. The zero-order valence-corrected chi connectivity index (χ0v) is 14.6. The minimum Gasteiger partial charge on any atom is -0.485 e. The van der Waals surface area contributed by atoms with Gasteiger partial charge in [-0.05, 0) is 43.7 Å². The van der Waals surface area contributed by atoms with E-state index in [1.54, 1.807) is 26.0 Å². The Morgan fingerprint density at radius 1 is 1.04 bits per heavy atom. The van der Waals surface area contributed by atoms with Crippen LogP contribution in [0.5, 0.6) is 5.75 Å². The van der Waals surface area contributed by atoms with E-state index in [4.69, 9.17) is 23.8 Å². The molecule has 0 saturated heterocycles. The van der Waals surface area contributed by atoms with E-state index < -0.39 is 24.0 Å². The average molecular weight is 372 g/mol. The summed E-state index contributed by atoms with van der Waals surface area (Å²) in [4.78, 5) is 33.9. The Balaban J connectivity index is 1.93. The maximum absolute atomic E-state index is 12.2. The molecule has 0 amide bonds. The number of rotatable bonds is 6. The van der Waals surface area contributed by atoms with Crippen LogP contribution in [0.1, 0.15) is 33.0 Å². The number of aromatic carboxylic acids is 1. The number of hydrogen-bond donors (Lipinski definition) is 2. The van der Waals surface area contributed by atoms with Gasteiger partial charge in [0.1, 0.15) is 23.7 Å². The van der Waals surface area contributed by atoms with Gasteiger partial charge in [-0.2, -0.15) is 0 Å². The smallest absolute Gasteiger partial charge is 0.371 e. The van der Waals surface area contributed by atoms with Crippen LogP contribution < -0.4 is 10.4 Å². The van der Waals surface area contributed by atoms with Crippen LogP contribution in [0, 0.1) is 13.8 Å². The van der Waals surface area contributed by atoms with Crippen LogP contribution in [-0.4, -0.2) is 22.2 Å². The molecule has 0 unspecified atom stereocenters. The first-order valence-electron chi connectivity index (χ1n) is 8.00. The number of hydrogen-bond acceptors (Lipinski definition) is 6. The molecular weight excluding hydrogens is 356 g/mol. The van der Waals surface area contributed by atoms with E-state index in [0.29, 0.717) is 33.6 Å². The Kier molecular flexibility index (Phi) is 4.72. The third-order valence-corrected chi connectivity index (χ3v) is 4.22. The van der Waals surface area contributed by atoms with Crippen LogP contribution in [0.25, 0.3) is 11.0 Å². The molecule has 27 heavy (non-hydrogen) atoms. The highest BCUT2D eigenvalue weighted by molar-refractivity contribution is 5.86. The van der Waals surface area contributed by atoms with Crippen LogP contribution >= 0.6 is 0 Å². The van der Waals surface area contributed by atoms with Gasteiger partial charge >= 0.3 is 17.6 Å². The number of ether oxygens (including phenoxy) is 1. The molecular formula is C19H16O8. The Morgan fingerprint density at radius 3 is 2.41 bits per heavy atom. The van der Waals surface area contributed by atoms with Crippen molar-refractivity contribution in [2.24, 2.45) is 0 Å². The first kappa shape index (κ1) is 18.2. The van der Waals surface area contributed by atoms with Gasteiger partial charge in [-0.1, -0.05) is 0 Å². The summed E-state index contributed by atoms with van der Waals surface area (Å²) in [5.41, 5.74) is 0.851. The molecule has 2 N–H and O–H groups in total. The van der Waals surface area contributed by atoms with Gasteiger partial charge in [-0.3, -0.25) is 4.79 Å². The van der Waals surface area contributed by atoms with Crippen molar-refractivity contribution in [1.29, 1.82) is 0 Å². The average Bonchev–Trinajstić information content (AvgIpc) is 3.08. The standard InChI is InChI=1S/C19H16O8/c1-9-12-4-6-14(25-8-11-3-5-15(26-11)18(22)23)10(2)17(12)27-19(24)13(9)7-16(20)21/h3-6H,7-8H2,1-2H3,(H,20,21)(H,22,23). The minimum absolute atomic E-state index is 0.0000608. The Hall–Kier alpha value is -3.55. The maximum atomic E-state index is 12.2. The number of aliphatic carboxylic acids is 1. The van der Waals surface area contributed by atoms with Crippen molar-refractivity contribution in [2.45, 2.75) is 26.9 Å². The summed E-state index contributed by atoms with van der Waals surface area (Å²) in [5.74, 6) is -1.69. The highest BCUT2D eigenvalue weighted by Crippen LogP contribution is 2.30. The first-order valence-corrected chi connectivity index (χ1v) is 8.00. The topological polar surface area (TPSA) is 127 Å². The summed E-state index contributed by atoms with van der Waals surface area (Å²) in [5, 5.41) is 18.4. The highest BCUT2D eigenvalue weighted by Gasteiger charge is 2.17. The molecule has 0 spiro atoms. The number of benzene rings is 1. The predicted molar refractivity (Wildman–Crippen MR) is 93.3 cm³/mol. The molecule has 2 heterocycles. The number of carboxylic acids is 2. The second kappa shape index (κ2) is 6.99. The fourth-order valence-electron chi connectivity index (χ4n) is 2.80. The van der Waals surface area contributed by atoms with Crippen LogP contribution in [0.4, 0.5) is 0 Å². The van der Waals surface area contributed by atoms with E-state index in [-0.39, 0.29) is 17.9 Å². The Morgan fingerprint density at radius 2 is 1.78 bits per heavy atom. The van der Waals surface area contributed by atoms with Gasteiger partial charge < -0.3 is 23.8 Å². The third-order valence-electron chi connectivity index (χ3n) is 4.22. The molecule has 0 fully saturated rings. The summed E-state index contributed by atoms with van der Waals surface area (Å²) in [6, 6.07) is 6.20. The SMILES string of the molecule is Cc1c(CC(=O)O)c(=O)oc2c(C)c(OCc3ccc(C(=O)O)o3)ccc12. The fourth-order valence-corrected chi connectivity index (χ4v) is 2.80. The lowest BCUT2D eigenvalue weighted by molar-refractivity contribution is -0.136. The maximum Gasteiger partial charge on any atom is 0.371 e. The zero-order valence-electron chi connectivity index (χ0n) is 14.6. The van der Waals surface area contributed by atoms with Crippen molar-refractivity contribution < 1.29 is 33.4 Å². The van der Waals surface area contributed by atoms with Crippen molar-refractivity contribution in [3.05, 3.63) is 62.9 Å². The van der Waals surface area contributed by atoms with Crippen molar-refractivity contribution in [3.8, 4) is 5.75 Å². The van der Waals surface area contributed by atoms with Gasteiger partial charge in [0.05, 0.1) is 12.0 Å². The lowest BCUT2D eigenvalue weighted by atomic mass is 10.0. The molecule has 0 atom stereocenters. The molecule has 0 bridgehead atoms. The van der Waals surface area contributed by atoms with E-state index >= 15 is 0 Å². The molecule has 2 aromatic heterocycles. The van der Waals surface area contributed by atoms with Crippen molar-refractivity contribution in [3.63, 3.8) is 0 Å². The van der Waals surface area contributed by atoms with Gasteiger partial charge in [0.25, 0.3) is 0 Å². The van der Waals surface area contributed by atoms with Crippen LogP contribution in [-0.2, 0) is 17.8 Å². The fraction of sp³-hybridized carbons (Fsp3) is 0.211. The molecule has 1 aromatic carbocycles. The summed E-state index contributed by atoms with van der Waals surface area (Å²) in [6.07, 6.45) is -0.411. The number of furan rings is 1. The van der Waals surface area contributed by atoms with Crippen LogP contribution in [0.15, 0.2) is 37.9 Å². The number of fused-ring (bicyclic) bond motifs is 1. The minimum atomic E-state index is -1.17. The molecule has 8 heteroatoms. The van der Waals surface area contributed by atoms with Gasteiger partial charge in [-0.25, -0.2) is 9.59 Å². The monoisotopic (exact) mass is 372 g/mol. The predicted octanol–water partition coefficient (Wildman–Crippen LogP) is 2.91. The van der Waals surface area contributed by atoms with Gasteiger partial charge in [0.2, 0.25) is 5.76 Å². The number of aryl methyl sites for hydroxylation is 2. The number of carboxylic acid groups (broad SMARTS) is 2. The lowest BCUT2D eigenvalue weighted by Crippen LogP contribution is -2.15. The summed E-state index contributed by atoms with van der Waals surface area (Å²) < 4.78 is 16.1. The first-order chi connectivity index (χ1) is 12.8. The van der Waals surface area contributed by atoms with Crippen LogP contribution in [0.3, 0.4) is 0 Å². The number of carbonyl (C=O) groups is 2. The van der Waals surface area contributed by atoms with E-state index in [2.05, 4.69) is 0 Å². The molecule has 0 radical (unpaired) electrons. The normalized spacial score (nSPS) is 10.9. The van der Waals surface area contributed by atoms with E-state index in [1.807, 2.05) is 0 Å². The summed E-state index contributed by atoms with van der Waals surface area (Å²) in [7, 11) is 0. The highest BCUT2D eigenvalue weighted by atomic mass is 16.5. The Labute approximate surface area is 152 Å². The molecule has 0 aliphatic heterocycles. The second-order valence-corrected chi connectivity index (χ2v) is 5.99. The molecule has 3 aromatic rings. The van der Waals surface area contributed by atoms with Gasteiger partial charge in [0, 0.05) is 10.9 Å². The van der Waals surface area contributed by atoms with Gasteiger partial charge in [-0.15, -0.1) is 0 Å². The molecule has 0 aliphatic carbocycles. The second-order valence-electron chi connectivity index (χ2n) is 5.99. The van der Waals surface area contributed by atoms with E-state index in [1.165, 1.54) is 12.1 Å². The molecule has 0 saturated carbocycles. The molecule has 3 rings (SSSR count). The third kappa shape index (κ3) is 3.55.